The molecule has 0 aliphatic heterocycles. The standard InChI is InChI=1S/C25H40F2N5O6P/c1-2-3-4-5-6-7-8-10-24(33)36-15-16-37-39(34,35)38-25(19-31-32-20-29,18-30-14-9-13-28)22-12-11-21(26)17-23(22)27/h11-14,17,20,28,31H,2-10,15-16,18-19H2,1H3,(H2,29,32)(H,34,35). The van der Waals surface area contributed by atoms with E-state index in [0.717, 1.165) is 43.9 Å². The highest BCUT2D eigenvalue weighted by molar-refractivity contribution is 7.47. The lowest BCUT2D eigenvalue weighted by Gasteiger charge is -2.33. The molecule has 0 saturated carbocycles. The van der Waals surface area contributed by atoms with Crippen molar-refractivity contribution in [3.05, 3.63) is 35.4 Å². The number of ether oxygens (including phenoxy) is 1. The van der Waals surface area contributed by atoms with E-state index in [1.165, 1.54) is 25.5 Å². The van der Waals surface area contributed by atoms with Gasteiger partial charge in [0.2, 0.25) is 0 Å². The minimum atomic E-state index is -4.91. The van der Waals surface area contributed by atoms with Gasteiger partial charge in [-0.25, -0.2) is 13.3 Å². The van der Waals surface area contributed by atoms with Crippen molar-refractivity contribution >= 4 is 32.6 Å². The number of nitrogens with two attached hydrogens (primary N) is 1. The highest BCUT2D eigenvalue weighted by Gasteiger charge is 2.43. The number of hydrazone groups is 1. The van der Waals surface area contributed by atoms with Gasteiger partial charge in [-0.3, -0.25) is 18.8 Å². The van der Waals surface area contributed by atoms with Crippen LogP contribution in [0.1, 0.15) is 70.3 Å². The van der Waals surface area contributed by atoms with Gasteiger partial charge in [0.05, 0.1) is 19.7 Å². The number of phosphoric ester groups is 1. The maximum Gasteiger partial charge on any atom is 0.473 e. The molecule has 0 radical (unpaired) electrons. The van der Waals surface area contributed by atoms with E-state index in [1.54, 1.807) is 0 Å². The van der Waals surface area contributed by atoms with Gasteiger partial charge in [-0.05, 0) is 12.5 Å². The summed E-state index contributed by atoms with van der Waals surface area (Å²) in [5.41, 5.74) is 5.43. The molecule has 0 saturated heterocycles. The van der Waals surface area contributed by atoms with Crippen LogP contribution in [0.2, 0.25) is 0 Å². The maximum atomic E-state index is 14.8. The molecular formula is C25H40F2N5O6P. The van der Waals surface area contributed by atoms with Gasteiger partial charge in [0.25, 0.3) is 0 Å². The number of unbranched alkanes of at least 4 members (excludes halogenated alkanes) is 6. The molecule has 0 amide bonds. The van der Waals surface area contributed by atoms with Crippen LogP contribution in [0.15, 0.2) is 28.3 Å². The second-order valence-corrected chi connectivity index (χ2v) is 10.1. The van der Waals surface area contributed by atoms with Crippen LogP contribution in [0.25, 0.3) is 0 Å². The molecule has 0 aromatic heterocycles. The number of rotatable bonds is 22. The summed E-state index contributed by atoms with van der Waals surface area (Å²) in [6.45, 7) is 0.554. The van der Waals surface area contributed by atoms with Crippen LogP contribution in [-0.2, 0) is 28.7 Å². The fourth-order valence-electron chi connectivity index (χ4n) is 3.62. The zero-order chi connectivity index (χ0) is 29.0. The smallest absolute Gasteiger partial charge is 0.463 e. The van der Waals surface area contributed by atoms with Crippen molar-refractivity contribution in [2.45, 2.75) is 70.3 Å². The Kier molecular flexibility index (Phi) is 17.0. The topological polar surface area (TPSA) is 169 Å². The maximum absolute atomic E-state index is 14.8. The zero-order valence-corrected chi connectivity index (χ0v) is 23.2. The van der Waals surface area contributed by atoms with Gasteiger partial charge >= 0.3 is 13.8 Å². The first kappa shape index (κ1) is 34.3. The van der Waals surface area contributed by atoms with Gasteiger partial charge in [0.15, 0.2) is 0 Å². The van der Waals surface area contributed by atoms with Crippen LogP contribution in [0.5, 0.6) is 0 Å². The lowest BCUT2D eigenvalue weighted by atomic mass is 9.93. The van der Waals surface area contributed by atoms with Gasteiger partial charge in [-0.15, -0.1) is 0 Å². The van der Waals surface area contributed by atoms with Crippen molar-refractivity contribution in [2.75, 3.05) is 26.3 Å². The van der Waals surface area contributed by atoms with Crippen LogP contribution in [-0.4, -0.2) is 55.9 Å². The molecule has 1 aromatic carbocycles. The molecule has 0 aliphatic carbocycles. The van der Waals surface area contributed by atoms with Crippen molar-refractivity contribution in [2.24, 2.45) is 15.8 Å². The second-order valence-electron chi connectivity index (χ2n) is 8.68. The summed E-state index contributed by atoms with van der Waals surface area (Å²) >= 11 is 0. The van der Waals surface area contributed by atoms with Gasteiger partial charge < -0.3 is 26.2 Å². The summed E-state index contributed by atoms with van der Waals surface area (Å²) in [6, 6.07) is 2.60. The molecule has 11 nitrogen and oxygen atoms in total. The number of carbonyl (C=O) groups is 1. The van der Waals surface area contributed by atoms with Crippen molar-refractivity contribution < 1.29 is 36.8 Å². The summed E-state index contributed by atoms with van der Waals surface area (Å²) in [5.74, 6) is -2.38. The normalized spacial score (nSPS) is 14.8. The molecule has 14 heteroatoms. The third kappa shape index (κ3) is 14.3. The fourth-order valence-corrected chi connectivity index (χ4v) is 4.65. The molecule has 1 aromatic rings. The molecule has 0 bridgehead atoms. The average Bonchev–Trinajstić information content (AvgIpc) is 2.88. The van der Waals surface area contributed by atoms with Crippen molar-refractivity contribution in [3.63, 3.8) is 0 Å². The number of phosphoric acid groups is 1. The first-order valence-corrected chi connectivity index (χ1v) is 14.4. The summed E-state index contributed by atoms with van der Waals surface area (Å²) < 4.78 is 56.8. The molecule has 2 atom stereocenters. The van der Waals surface area contributed by atoms with E-state index in [0.29, 0.717) is 12.5 Å². The third-order valence-electron chi connectivity index (χ3n) is 5.53. The average molecular weight is 576 g/mol. The van der Waals surface area contributed by atoms with E-state index >= 15 is 0 Å². The Morgan fingerprint density at radius 2 is 1.92 bits per heavy atom. The number of benzene rings is 1. The third-order valence-corrected chi connectivity index (χ3v) is 6.62. The first-order chi connectivity index (χ1) is 18.7. The van der Waals surface area contributed by atoms with E-state index in [4.69, 9.17) is 24.9 Å². The zero-order valence-electron chi connectivity index (χ0n) is 22.3. The van der Waals surface area contributed by atoms with Gasteiger partial charge in [0, 0.05) is 36.9 Å². The molecule has 220 valence electrons. The number of nitrogens with zero attached hydrogens (tertiary/aromatic N) is 2. The number of carbonyl (C=O) groups excluding carboxylic acids is 1. The minimum Gasteiger partial charge on any atom is -0.463 e. The number of hydrogen-bond donors (Lipinski definition) is 4. The quantitative estimate of drug-likeness (QED) is 0.0389. The Labute approximate surface area is 228 Å². The predicted molar refractivity (Wildman–Crippen MR) is 146 cm³/mol. The van der Waals surface area contributed by atoms with E-state index in [2.05, 4.69) is 22.4 Å². The molecule has 0 heterocycles. The van der Waals surface area contributed by atoms with E-state index in [9.17, 15) is 23.0 Å². The first-order valence-electron chi connectivity index (χ1n) is 12.9. The Hall–Kier alpha value is -2.73. The molecule has 2 unspecified atom stereocenters. The summed E-state index contributed by atoms with van der Waals surface area (Å²) in [6.07, 6.45) is 11.0. The lowest BCUT2D eigenvalue weighted by Crippen LogP contribution is -2.42. The van der Waals surface area contributed by atoms with Crippen molar-refractivity contribution in [1.29, 1.82) is 5.41 Å². The number of hydrogen-bond acceptors (Lipinski definition) is 9. The Bertz CT molecular complexity index is 984. The second kappa shape index (κ2) is 19.3. The molecule has 39 heavy (non-hydrogen) atoms. The van der Waals surface area contributed by atoms with E-state index in [-0.39, 0.29) is 25.0 Å². The summed E-state index contributed by atoms with van der Waals surface area (Å²) in [4.78, 5) is 26.4. The molecule has 1 rings (SSSR count). The largest absolute Gasteiger partial charge is 0.473 e. The van der Waals surface area contributed by atoms with Gasteiger partial charge in [0.1, 0.15) is 30.2 Å². The number of halogens is 2. The van der Waals surface area contributed by atoms with E-state index in [1.807, 2.05) is 0 Å². The Morgan fingerprint density at radius 3 is 2.59 bits per heavy atom. The van der Waals surface area contributed by atoms with Gasteiger partial charge in [-0.2, -0.15) is 5.10 Å². The lowest BCUT2D eigenvalue weighted by molar-refractivity contribution is -0.144. The van der Waals surface area contributed by atoms with Crippen LogP contribution in [0.4, 0.5) is 8.78 Å². The predicted octanol–water partition coefficient (Wildman–Crippen LogP) is 4.58. The van der Waals surface area contributed by atoms with Gasteiger partial charge in [-0.1, -0.05) is 51.5 Å². The van der Waals surface area contributed by atoms with Crippen molar-refractivity contribution in [1.82, 2.24) is 5.43 Å². The summed E-state index contributed by atoms with van der Waals surface area (Å²) in [7, 11) is -4.91. The van der Waals surface area contributed by atoms with E-state index < -0.39 is 50.7 Å². The van der Waals surface area contributed by atoms with Crippen LogP contribution in [0, 0.1) is 17.0 Å². The SMILES string of the molecule is CCCCCCCCCC(=O)OCCOP(=O)(O)OC(CN=CCC=N)(CNN=CN)c1ccc(F)cc1F. The highest BCUT2D eigenvalue weighted by atomic mass is 31.2. The highest BCUT2D eigenvalue weighted by Crippen LogP contribution is 2.50. The molecule has 0 aliphatic rings. The van der Waals surface area contributed by atoms with Crippen LogP contribution in [0.3, 0.4) is 0 Å². The number of esters is 1. The number of nitrogens with one attached hydrogen (secondary N) is 2. The Balaban J connectivity index is 2.83. The fraction of sp³-hybridized carbons (Fsp3) is 0.600. The molecule has 5 N–H and O–H groups in total. The molecule has 0 spiro atoms. The molecule has 0 fully saturated rings. The number of aliphatic imine (C=N–C) groups is 1. The van der Waals surface area contributed by atoms with Crippen LogP contribution >= 0.6 is 7.82 Å². The van der Waals surface area contributed by atoms with Crippen LogP contribution < -0.4 is 11.2 Å². The monoisotopic (exact) mass is 575 g/mol. The summed E-state index contributed by atoms with van der Waals surface area (Å²) in [5, 5.41) is 10.7. The Morgan fingerprint density at radius 1 is 1.21 bits per heavy atom. The molecular weight excluding hydrogens is 535 g/mol. The van der Waals surface area contributed by atoms with Crippen molar-refractivity contribution in [3.8, 4) is 0 Å². The minimum absolute atomic E-state index is 0.147.